The molecule has 0 amide bonds. The molecule has 0 aromatic heterocycles. The third-order valence-corrected chi connectivity index (χ3v) is 2.90. The molecule has 98 valence electrons. The molecule has 0 N–H and O–H groups in total. The molecular formula is C15H14F2N2. The van der Waals surface area contributed by atoms with Crippen LogP contribution in [0.4, 0.5) is 8.78 Å². The van der Waals surface area contributed by atoms with E-state index in [2.05, 4.69) is 0 Å². The molecule has 19 heavy (non-hydrogen) atoms. The Morgan fingerprint density at radius 2 is 1.58 bits per heavy atom. The van der Waals surface area contributed by atoms with Gasteiger partial charge in [-0.25, -0.2) is 8.78 Å². The Hall–Kier alpha value is -2.20. The highest BCUT2D eigenvalue weighted by molar-refractivity contribution is 5.77. The van der Waals surface area contributed by atoms with Gasteiger partial charge in [0, 0.05) is 5.92 Å². The van der Waals surface area contributed by atoms with Gasteiger partial charge in [-0.2, -0.15) is 10.5 Å². The van der Waals surface area contributed by atoms with Gasteiger partial charge in [-0.05, 0) is 17.1 Å². The number of hydrogen-bond donors (Lipinski definition) is 0. The van der Waals surface area contributed by atoms with Crippen molar-refractivity contribution in [3.63, 3.8) is 0 Å². The van der Waals surface area contributed by atoms with Gasteiger partial charge < -0.3 is 0 Å². The van der Waals surface area contributed by atoms with E-state index in [1.165, 1.54) is 0 Å². The fraction of sp³-hybridized carbons (Fsp3) is 0.333. The number of allylic oxidation sites excluding steroid dienone is 2. The normalized spacial score (nSPS) is 11.8. The zero-order valence-electron chi connectivity index (χ0n) is 10.8. The van der Waals surface area contributed by atoms with Gasteiger partial charge in [0.25, 0.3) is 0 Å². The van der Waals surface area contributed by atoms with E-state index < -0.39 is 12.3 Å². The van der Waals surface area contributed by atoms with Crippen molar-refractivity contribution in [2.24, 2.45) is 11.8 Å². The monoisotopic (exact) mass is 260 g/mol. The number of hydrogen-bond acceptors (Lipinski definition) is 2. The molecule has 0 fully saturated rings. The Morgan fingerprint density at radius 3 is 1.95 bits per heavy atom. The van der Waals surface area contributed by atoms with Crippen molar-refractivity contribution in [1.29, 1.82) is 10.5 Å². The van der Waals surface area contributed by atoms with Crippen LogP contribution < -0.4 is 0 Å². The van der Waals surface area contributed by atoms with Crippen LogP contribution in [-0.2, 0) is 0 Å². The maximum absolute atomic E-state index is 13.3. The average Bonchev–Trinajstić information content (AvgIpc) is 2.39. The van der Waals surface area contributed by atoms with Crippen LogP contribution in [0.2, 0.25) is 0 Å². The Kier molecular flexibility index (Phi) is 5.21. The molecule has 0 aliphatic rings. The van der Waals surface area contributed by atoms with Crippen LogP contribution in [0.1, 0.15) is 19.4 Å². The Balaban J connectivity index is 3.51. The average molecular weight is 260 g/mol. The summed E-state index contributed by atoms with van der Waals surface area (Å²) in [5.74, 6) is -1.50. The molecule has 0 radical (unpaired) electrons. The second-order valence-corrected chi connectivity index (χ2v) is 4.48. The maximum Gasteiger partial charge on any atom is 0.245 e. The van der Waals surface area contributed by atoms with Crippen LogP contribution in [0.15, 0.2) is 35.9 Å². The van der Waals surface area contributed by atoms with Gasteiger partial charge in [0.1, 0.15) is 17.7 Å². The van der Waals surface area contributed by atoms with Gasteiger partial charge in [-0.1, -0.05) is 44.2 Å². The molecule has 0 heterocycles. The van der Waals surface area contributed by atoms with E-state index >= 15 is 0 Å². The van der Waals surface area contributed by atoms with Crippen LogP contribution in [-0.4, -0.2) is 6.43 Å². The second-order valence-electron chi connectivity index (χ2n) is 4.48. The number of nitriles is 2. The zero-order chi connectivity index (χ0) is 14.4. The quantitative estimate of drug-likeness (QED) is 0.767. The van der Waals surface area contributed by atoms with Gasteiger partial charge in [-0.3, -0.25) is 0 Å². The fourth-order valence-electron chi connectivity index (χ4n) is 2.02. The molecule has 1 aromatic rings. The predicted octanol–water partition coefficient (Wildman–Crippen LogP) is 4.02. The van der Waals surface area contributed by atoms with Crippen molar-refractivity contribution in [1.82, 2.24) is 0 Å². The summed E-state index contributed by atoms with van der Waals surface area (Å²) in [4.78, 5) is 0. The molecule has 0 spiro atoms. The third-order valence-electron chi connectivity index (χ3n) is 2.90. The van der Waals surface area contributed by atoms with Crippen LogP contribution in [0, 0.1) is 34.5 Å². The molecule has 2 nitrogen and oxygen atoms in total. The van der Waals surface area contributed by atoms with E-state index in [0.29, 0.717) is 5.56 Å². The lowest BCUT2D eigenvalue weighted by Crippen LogP contribution is -2.20. The molecule has 1 unspecified atom stereocenters. The van der Waals surface area contributed by atoms with E-state index in [-0.39, 0.29) is 17.1 Å². The first-order valence-electron chi connectivity index (χ1n) is 5.90. The first-order chi connectivity index (χ1) is 9.02. The van der Waals surface area contributed by atoms with E-state index in [1.54, 1.807) is 56.3 Å². The molecule has 0 aliphatic carbocycles. The summed E-state index contributed by atoms with van der Waals surface area (Å²) in [5, 5.41) is 18.0. The van der Waals surface area contributed by atoms with Gasteiger partial charge in [0.05, 0.1) is 0 Å². The van der Waals surface area contributed by atoms with Crippen LogP contribution in [0.5, 0.6) is 0 Å². The minimum absolute atomic E-state index is 0.135. The Labute approximate surface area is 111 Å². The number of benzene rings is 1. The second kappa shape index (κ2) is 6.66. The van der Waals surface area contributed by atoms with Gasteiger partial charge in [0.15, 0.2) is 0 Å². The first-order valence-corrected chi connectivity index (χ1v) is 5.90. The maximum atomic E-state index is 13.3. The summed E-state index contributed by atoms with van der Waals surface area (Å²) in [6, 6.07) is 11.9. The number of halogens is 2. The van der Waals surface area contributed by atoms with Crippen molar-refractivity contribution >= 4 is 5.57 Å². The van der Waals surface area contributed by atoms with E-state index in [1.807, 2.05) is 0 Å². The third kappa shape index (κ3) is 3.39. The van der Waals surface area contributed by atoms with E-state index in [4.69, 9.17) is 10.5 Å². The molecule has 1 atom stereocenters. The van der Waals surface area contributed by atoms with Crippen molar-refractivity contribution < 1.29 is 8.78 Å². The van der Waals surface area contributed by atoms with Crippen molar-refractivity contribution in [2.45, 2.75) is 20.3 Å². The SMILES string of the molecule is CC(C)C(C(=C(C#N)C#N)c1ccccc1)C(F)F. The summed E-state index contributed by atoms with van der Waals surface area (Å²) in [7, 11) is 0. The smallest absolute Gasteiger partial charge is 0.210 e. The molecule has 1 aromatic carbocycles. The largest absolute Gasteiger partial charge is 0.245 e. The molecule has 0 saturated heterocycles. The lowest BCUT2D eigenvalue weighted by Gasteiger charge is -2.23. The highest BCUT2D eigenvalue weighted by Crippen LogP contribution is 2.36. The van der Waals surface area contributed by atoms with Gasteiger partial charge in [0.2, 0.25) is 6.43 Å². The lowest BCUT2D eigenvalue weighted by atomic mass is 9.82. The summed E-state index contributed by atoms with van der Waals surface area (Å²) in [6.07, 6.45) is -2.62. The molecule has 0 bridgehead atoms. The van der Waals surface area contributed by atoms with Gasteiger partial charge >= 0.3 is 0 Å². The highest BCUT2D eigenvalue weighted by atomic mass is 19.3. The number of alkyl halides is 2. The summed E-state index contributed by atoms with van der Waals surface area (Å²) < 4.78 is 26.5. The minimum atomic E-state index is -2.62. The van der Waals surface area contributed by atoms with Crippen LogP contribution in [0.25, 0.3) is 5.57 Å². The molecule has 1 rings (SSSR count). The predicted molar refractivity (Wildman–Crippen MR) is 68.9 cm³/mol. The summed E-state index contributed by atoms with van der Waals surface area (Å²) >= 11 is 0. The summed E-state index contributed by atoms with van der Waals surface area (Å²) in [5.41, 5.74) is 0.389. The lowest BCUT2D eigenvalue weighted by molar-refractivity contribution is 0.0829. The van der Waals surface area contributed by atoms with E-state index in [9.17, 15) is 8.78 Å². The fourth-order valence-corrected chi connectivity index (χ4v) is 2.02. The number of rotatable bonds is 4. The molecular weight excluding hydrogens is 246 g/mol. The highest BCUT2D eigenvalue weighted by Gasteiger charge is 2.31. The minimum Gasteiger partial charge on any atom is -0.210 e. The Morgan fingerprint density at radius 1 is 1.05 bits per heavy atom. The molecule has 0 saturated carbocycles. The zero-order valence-corrected chi connectivity index (χ0v) is 10.8. The number of nitrogens with zero attached hydrogens (tertiary/aromatic N) is 2. The van der Waals surface area contributed by atoms with Crippen molar-refractivity contribution in [3.8, 4) is 12.1 Å². The first kappa shape index (κ1) is 14.9. The topological polar surface area (TPSA) is 47.6 Å². The molecule has 0 aliphatic heterocycles. The van der Waals surface area contributed by atoms with Crippen molar-refractivity contribution in [2.75, 3.05) is 0 Å². The Bertz CT molecular complexity index is 510. The van der Waals surface area contributed by atoms with Crippen LogP contribution in [0.3, 0.4) is 0 Å². The standard InChI is InChI=1S/C15H14F2N2/c1-10(2)13(15(16)17)14(12(8-18)9-19)11-6-4-3-5-7-11/h3-7,10,13,15H,1-2H3. The van der Waals surface area contributed by atoms with E-state index in [0.717, 1.165) is 0 Å². The van der Waals surface area contributed by atoms with Gasteiger partial charge in [-0.15, -0.1) is 0 Å². The molecule has 4 heteroatoms. The van der Waals surface area contributed by atoms with Crippen molar-refractivity contribution in [3.05, 3.63) is 41.5 Å². The van der Waals surface area contributed by atoms with Crippen LogP contribution >= 0.6 is 0 Å². The summed E-state index contributed by atoms with van der Waals surface area (Å²) in [6.45, 7) is 3.32.